The average molecular weight is 160 g/mol. The minimum absolute atomic E-state index is 0.782. The summed E-state index contributed by atoms with van der Waals surface area (Å²) in [6.45, 7) is 0. The summed E-state index contributed by atoms with van der Waals surface area (Å²) in [5.74, 6) is 1.81. The van der Waals surface area contributed by atoms with E-state index in [0.29, 0.717) is 0 Å². The molecule has 12 heavy (non-hydrogen) atoms. The van der Waals surface area contributed by atoms with E-state index in [1.54, 1.807) is 0 Å². The first-order chi connectivity index (χ1) is 5.91. The van der Waals surface area contributed by atoms with Crippen LogP contribution in [0.2, 0.25) is 0 Å². The maximum atomic E-state index is 2.47. The van der Waals surface area contributed by atoms with Crippen molar-refractivity contribution in [1.82, 2.24) is 0 Å². The van der Waals surface area contributed by atoms with E-state index in [2.05, 4.69) is 24.3 Å². The number of rotatable bonds is 0. The zero-order chi connectivity index (χ0) is 8.02. The van der Waals surface area contributed by atoms with Gasteiger partial charge in [-0.05, 0) is 42.9 Å². The van der Waals surface area contributed by atoms with Gasteiger partial charge in [0.2, 0.25) is 0 Å². The molecule has 0 heteroatoms. The molecule has 1 spiro atoms. The lowest BCUT2D eigenvalue weighted by atomic mass is 9.68. The SMILES string of the molecule is C1=CC2CCCC3(CC3)C2C=C1. The molecule has 0 radical (unpaired) electrons. The summed E-state index contributed by atoms with van der Waals surface area (Å²) in [5.41, 5.74) is 0.782. The van der Waals surface area contributed by atoms with E-state index in [1.807, 2.05) is 0 Å². The van der Waals surface area contributed by atoms with Crippen LogP contribution in [0.1, 0.15) is 32.1 Å². The zero-order valence-corrected chi connectivity index (χ0v) is 7.50. The van der Waals surface area contributed by atoms with E-state index in [-0.39, 0.29) is 0 Å². The van der Waals surface area contributed by atoms with Crippen LogP contribution in [0.3, 0.4) is 0 Å². The summed E-state index contributed by atoms with van der Waals surface area (Å²) in [6.07, 6.45) is 16.8. The van der Waals surface area contributed by atoms with Crippen molar-refractivity contribution >= 4 is 0 Å². The molecule has 2 unspecified atom stereocenters. The molecule has 3 aliphatic rings. The molecule has 0 aromatic rings. The first kappa shape index (κ1) is 6.94. The van der Waals surface area contributed by atoms with Crippen LogP contribution in [-0.4, -0.2) is 0 Å². The molecule has 3 aliphatic carbocycles. The highest BCUT2D eigenvalue weighted by Crippen LogP contribution is 2.62. The minimum atomic E-state index is 0.782. The monoisotopic (exact) mass is 160 g/mol. The lowest BCUT2D eigenvalue weighted by molar-refractivity contribution is 0.205. The van der Waals surface area contributed by atoms with E-state index in [9.17, 15) is 0 Å². The van der Waals surface area contributed by atoms with Gasteiger partial charge in [-0.1, -0.05) is 30.7 Å². The Morgan fingerprint density at radius 1 is 1.00 bits per heavy atom. The van der Waals surface area contributed by atoms with Crippen molar-refractivity contribution in [2.75, 3.05) is 0 Å². The second-order valence-electron chi connectivity index (χ2n) is 4.71. The topological polar surface area (TPSA) is 0 Å². The van der Waals surface area contributed by atoms with E-state index in [1.165, 1.54) is 32.1 Å². The van der Waals surface area contributed by atoms with Gasteiger partial charge >= 0.3 is 0 Å². The largest absolute Gasteiger partial charge is 0.0808 e. The van der Waals surface area contributed by atoms with Crippen molar-refractivity contribution in [2.24, 2.45) is 17.3 Å². The van der Waals surface area contributed by atoms with Gasteiger partial charge in [0.1, 0.15) is 0 Å². The van der Waals surface area contributed by atoms with Crippen molar-refractivity contribution in [3.8, 4) is 0 Å². The zero-order valence-electron chi connectivity index (χ0n) is 7.50. The molecule has 2 fully saturated rings. The van der Waals surface area contributed by atoms with Gasteiger partial charge in [0, 0.05) is 0 Å². The van der Waals surface area contributed by atoms with Gasteiger partial charge in [0.25, 0.3) is 0 Å². The van der Waals surface area contributed by atoms with E-state index < -0.39 is 0 Å². The Morgan fingerprint density at radius 2 is 1.83 bits per heavy atom. The van der Waals surface area contributed by atoms with Crippen LogP contribution in [-0.2, 0) is 0 Å². The van der Waals surface area contributed by atoms with Crippen LogP contribution in [0.15, 0.2) is 24.3 Å². The van der Waals surface area contributed by atoms with Gasteiger partial charge in [-0.2, -0.15) is 0 Å². The van der Waals surface area contributed by atoms with Crippen molar-refractivity contribution < 1.29 is 0 Å². The fraction of sp³-hybridized carbons (Fsp3) is 0.667. The van der Waals surface area contributed by atoms with Gasteiger partial charge in [-0.15, -0.1) is 0 Å². The maximum absolute atomic E-state index is 2.47. The van der Waals surface area contributed by atoms with E-state index >= 15 is 0 Å². The summed E-state index contributed by atoms with van der Waals surface area (Å²) in [4.78, 5) is 0. The van der Waals surface area contributed by atoms with Crippen LogP contribution in [0.25, 0.3) is 0 Å². The molecule has 2 saturated carbocycles. The van der Waals surface area contributed by atoms with Gasteiger partial charge in [-0.25, -0.2) is 0 Å². The van der Waals surface area contributed by atoms with Crippen molar-refractivity contribution in [3.63, 3.8) is 0 Å². The fourth-order valence-corrected chi connectivity index (χ4v) is 3.19. The predicted octanol–water partition coefficient (Wildman–Crippen LogP) is 3.31. The van der Waals surface area contributed by atoms with Crippen LogP contribution in [0, 0.1) is 17.3 Å². The highest BCUT2D eigenvalue weighted by Gasteiger charge is 2.51. The van der Waals surface area contributed by atoms with Crippen molar-refractivity contribution in [2.45, 2.75) is 32.1 Å². The molecular formula is C12H16. The second kappa shape index (κ2) is 2.25. The number of hydrogen-bond acceptors (Lipinski definition) is 0. The first-order valence-electron chi connectivity index (χ1n) is 5.26. The van der Waals surface area contributed by atoms with Gasteiger partial charge < -0.3 is 0 Å². The van der Waals surface area contributed by atoms with Crippen LogP contribution >= 0.6 is 0 Å². The lowest BCUT2D eigenvalue weighted by Crippen LogP contribution is -2.27. The summed E-state index contributed by atoms with van der Waals surface area (Å²) in [5, 5.41) is 0. The Hall–Kier alpha value is -0.520. The summed E-state index contributed by atoms with van der Waals surface area (Å²) < 4.78 is 0. The second-order valence-corrected chi connectivity index (χ2v) is 4.71. The highest BCUT2D eigenvalue weighted by molar-refractivity contribution is 5.21. The molecule has 0 heterocycles. The third-order valence-corrected chi connectivity index (χ3v) is 4.06. The Kier molecular flexibility index (Phi) is 1.30. The summed E-state index contributed by atoms with van der Waals surface area (Å²) >= 11 is 0. The Morgan fingerprint density at radius 3 is 2.67 bits per heavy atom. The average Bonchev–Trinajstić information content (AvgIpc) is 2.87. The molecule has 0 bridgehead atoms. The quantitative estimate of drug-likeness (QED) is 0.510. The Labute approximate surface area is 74.4 Å². The van der Waals surface area contributed by atoms with Crippen molar-refractivity contribution in [1.29, 1.82) is 0 Å². The molecule has 0 amide bonds. The number of hydrogen-bond donors (Lipinski definition) is 0. The fourth-order valence-electron chi connectivity index (χ4n) is 3.19. The van der Waals surface area contributed by atoms with E-state index in [4.69, 9.17) is 0 Å². The van der Waals surface area contributed by atoms with Crippen LogP contribution in [0.4, 0.5) is 0 Å². The summed E-state index contributed by atoms with van der Waals surface area (Å²) in [6, 6.07) is 0. The van der Waals surface area contributed by atoms with Gasteiger partial charge in [-0.3, -0.25) is 0 Å². The number of allylic oxidation sites excluding steroid dienone is 4. The molecule has 0 saturated heterocycles. The maximum Gasteiger partial charge on any atom is -0.0111 e. The van der Waals surface area contributed by atoms with Gasteiger partial charge in [0.05, 0.1) is 0 Å². The standard InChI is InChI=1S/C12H16/c1-2-6-11-10(4-1)5-3-7-12(11)8-9-12/h1-2,4,6,10-11H,3,5,7-9H2. The smallest absolute Gasteiger partial charge is 0.0111 e. The normalized spacial score (nSPS) is 41.3. The van der Waals surface area contributed by atoms with Crippen LogP contribution < -0.4 is 0 Å². The minimum Gasteiger partial charge on any atom is -0.0808 e. The molecule has 2 atom stereocenters. The lowest BCUT2D eigenvalue weighted by Gasteiger charge is -2.36. The third kappa shape index (κ3) is 0.840. The third-order valence-electron chi connectivity index (χ3n) is 4.06. The van der Waals surface area contributed by atoms with Gasteiger partial charge in [0.15, 0.2) is 0 Å². The highest BCUT2D eigenvalue weighted by atomic mass is 14.6. The van der Waals surface area contributed by atoms with Crippen molar-refractivity contribution in [3.05, 3.63) is 24.3 Å². The molecule has 64 valence electrons. The Bertz CT molecular complexity index is 243. The molecule has 3 rings (SSSR count). The molecular weight excluding hydrogens is 144 g/mol. The molecule has 0 aromatic carbocycles. The first-order valence-corrected chi connectivity index (χ1v) is 5.26. The van der Waals surface area contributed by atoms with Crippen LogP contribution in [0.5, 0.6) is 0 Å². The Balaban J connectivity index is 1.91. The van der Waals surface area contributed by atoms with E-state index in [0.717, 1.165) is 17.3 Å². The predicted molar refractivity (Wildman–Crippen MR) is 50.8 cm³/mol. The molecule has 0 N–H and O–H groups in total. The molecule has 0 aromatic heterocycles. The number of fused-ring (bicyclic) bond motifs is 2. The molecule has 0 nitrogen and oxygen atoms in total. The summed E-state index contributed by atoms with van der Waals surface area (Å²) in [7, 11) is 0. The molecule has 0 aliphatic heterocycles.